The molecule has 3 rings (SSSR count). The summed E-state index contributed by atoms with van der Waals surface area (Å²) in [6.45, 7) is 0. The molecule has 1 heterocycles. The van der Waals surface area contributed by atoms with E-state index in [4.69, 9.17) is 17.0 Å². The van der Waals surface area contributed by atoms with Crippen LogP contribution in [0.2, 0.25) is 0 Å². The minimum Gasteiger partial charge on any atom is -0.504 e. The zero-order valence-electron chi connectivity index (χ0n) is 12.6. The number of thiocarbonyl (C=S) groups is 1. The van der Waals surface area contributed by atoms with E-state index in [1.165, 1.54) is 31.4 Å². The van der Waals surface area contributed by atoms with Crippen molar-refractivity contribution in [2.75, 3.05) is 12.0 Å². The molecule has 2 aromatic rings. The molecule has 0 aromatic heterocycles. The maximum Gasteiger partial charge on any atom is 0.281 e. The maximum atomic E-state index is 13.9. The van der Waals surface area contributed by atoms with Gasteiger partial charge in [0.15, 0.2) is 16.6 Å². The van der Waals surface area contributed by atoms with Crippen molar-refractivity contribution in [2.24, 2.45) is 0 Å². The van der Waals surface area contributed by atoms with Gasteiger partial charge in [0.2, 0.25) is 0 Å². The van der Waals surface area contributed by atoms with E-state index in [1.54, 1.807) is 24.3 Å². The van der Waals surface area contributed by atoms with Crippen LogP contribution in [-0.2, 0) is 4.79 Å². The summed E-state index contributed by atoms with van der Waals surface area (Å²) in [5.41, 5.74) is 0.577. The Labute approximate surface area is 143 Å². The number of aromatic hydroxyl groups is 1. The quantitative estimate of drug-likeness (QED) is 0.662. The molecular formula is C17H13FN2O3S. The first-order valence-corrected chi connectivity index (χ1v) is 7.41. The molecule has 2 aromatic carbocycles. The first-order valence-electron chi connectivity index (χ1n) is 7.00. The van der Waals surface area contributed by atoms with E-state index in [1.807, 2.05) is 0 Å². The molecular weight excluding hydrogens is 331 g/mol. The fourth-order valence-electron chi connectivity index (χ4n) is 2.36. The lowest BCUT2D eigenvalue weighted by molar-refractivity contribution is -0.113. The third-order valence-corrected chi connectivity index (χ3v) is 3.81. The molecule has 0 saturated carbocycles. The number of halogens is 1. The Hall–Kier alpha value is -2.93. The number of rotatable bonds is 3. The van der Waals surface area contributed by atoms with Crippen molar-refractivity contribution >= 4 is 35.0 Å². The van der Waals surface area contributed by atoms with Gasteiger partial charge in [0, 0.05) is 5.56 Å². The number of amides is 1. The van der Waals surface area contributed by atoms with Gasteiger partial charge in [-0.05, 0) is 36.5 Å². The molecule has 0 unspecified atom stereocenters. The number of hydrogen-bond donors (Lipinski definition) is 2. The number of para-hydroxylation sites is 2. The average molecular weight is 344 g/mol. The summed E-state index contributed by atoms with van der Waals surface area (Å²) in [7, 11) is 1.43. The molecule has 7 heteroatoms. The van der Waals surface area contributed by atoms with Crippen LogP contribution in [0.5, 0.6) is 11.5 Å². The summed E-state index contributed by atoms with van der Waals surface area (Å²) in [5.74, 6) is -0.881. The first kappa shape index (κ1) is 15.9. The van der Waals surface area contributed by atoms with E-state index in [2.05, 4.69) is 5.32 Å². The Morgan fingerprint density at radius 1 is 1.25 bits per heavy atom. The third-order valence-electron chi connectivity index (χ3n) is 3.52. The summed E-state index contributed by atoms with van der Waals surface area (Å²) >= 11 is 5.13. The zero-order chi connectivity index (χ0) is 17.3. The molecule has 1 aliphatic heterocycles. The van der Waals surface area contributed by atoms with Crippen LogP contribution >= 0.6 is 12.2 Å². The van der Waals surface area contributed by atoms with Crippen LogP contribution in [0.15, 0.2) is 48.2 Å². The molecule has 1 aliphatic rings. The molecule has 1 fully saturated rings. The van der Waals surface area contributed by atoms with Gasteiger partial charge in [-0.3, -0.25) is 4.79 Å². The fourth-order valence-corrected chi connectivity index (χ4v) is 2.65. The number of carbonyl (C=O) groups is 1. The fraction of sp³-hybridized carbons (Fsp3) is 0.0588. The van der Waals surface area contributed by atoms with E-state index in [9.17, 15) is 14.3 Å². The lowest BCUT2D eigenvalue weighted by atomic mass is 10.1. The highest BCUT2D eigenvalue weighted by Crippen LogP contribution is 2.32. The Morgan fingerprint density at radius 3 is 2.71 bits per heavy atom. The van der Waals surface area contributed by atoms with Crippen LogP contribution in [0, 0.1) is 5.82 Å². The topological polar surface area (TPSA) is 61.8 Å². The van der Waals surface area contributed by atoms with Crippen LogP contribution < -0.4 is 15.0 Å². The Balaban J connectivity index is 1.99. The van der Waals surface area contributed by atoms with Crippen molar-refractivity contribution in [2.45, 2.75) is 0 Å². The molecule has 122 valence electrons. The van der Waals surface area contributed by atoms with E-state index >= 15 is 0 Å². The summed E-state index contributed by atoms with van der Waals surface area (Å²) in [5, 5.41) is 12.9. The number of anilines is 1. The monoisotopic (exact) mass is 344 g/mol. The first-order chi connectivity index (χ1) is 11.5. The van der Waals surface area contributed by atoms with Gasteiger partial charge in [-0.15, -0.1) is 0 Å². The standard InChI is InChI=1S/C17H13FN2O3S/c1-23-14-8-4-5-10(15(14)21)9-12-16(22)20(17(24)19-12)13-7-3-2-6-11(13)18/h2-9,21H,1H3,(H,19,24)/b12-9+. The molecule has 1 amide bonds. The van der Waals surface area contributed by atoms with Gasteiger partial charge in [-0.1, -0.05) is 24.3 Å². The van der Waals surface area contributed by atoms with E-state index < -0.39 is 11.7 Å². The molecule has 0 radical (unpaired) electrons. The number of phenolic OH excluding ortho intramolecular Hbond substituents is 1. The van der Waals surface area contributed by atoms with E-state index in [-0.39, 0.29) is 28.0 Å². The lowest BCUT2D eigenvalue weighted by Gasteiger charge is -2.14. The van der Waals surface area contributed by atoms with Gasteiger partial charge < -0.3 is 15.2 Å². The predicted octanol–water partition coefficient (Wildman–Crippen LogP) is 2.80. The Kier molecular flexibility index (Phi) is 4.18. The molecule has 0 atom stereocenters. The zero-order valence-corrected chi connectivity index (χ0v) is 13.4. The van der Waals surface area contributed by atoms with Gasteiger partial charge in [0.05, 0.1) is 12.8 Å². The van der Waals surface area contributed by atoms with Crippen molar-refractivity contribution in [1.29, 1.82) is 0 Å². The Morgan fingerprint density at radius 2 is 2.00 bits per heavy atom. The summed E-state index contributed by atoms with van der Waals surface area (Å²) < 4.78 is 19.0. The van der Waals surface area contributed by atoms with E-state index in [0.29, 0.717) is 5.56 Å². The second kappa shape index (κ2) is 6.29. The number of carbonyl (C=O) groups excluding carboxylic acids is 1. The van der Waals surface area contributed by atoms with Crippen molar-refractivity contribution in [3.8, 4) is 11.5 Å². The summed E-state index contributed by atoms with van der Waals surface area (Å²) in [4.78, 5) is 13.6. The highest BCUT2D eigenvalue weighted by atomic mass is 32.1. The number of nitrogens with zero attached hydrogens (tertiary/aromatic N) is 1. The van der Waals surface area contributed by atoms with Crippen molar-refractivity contribution in [3.63, 3.8) is 0 Å². The second-order valence-electron chi connectivity index (χ2n) is 4.98. The second-order valence-corrected chi connectivity index (χ2v) is 5.36. The number of benzene rings is 2. The minimum atomic E-state index is -0.555. The smallest absolute Gasteiger partial charge is 0.281 e. The molecule has 0 bridgehead atoms. The van der Waals surface area contributed by atoms with Crippen molar-refractivity contribution < 1.29 is 19.0 Å². The lowest BCUT2D eigenvalue weighted by Crippen LogP contribution is -2.31. The van der Waals surface area contributed by atoms with Gasteiger partial charge >= 0.3 is 0 Å². The molecule has 24 heavy (non-hydrogen) atoms. The van der Waals surface area contributed by atoms with Crippen LogP contribution in [-0.4, -0.2) is 23.2 Å². The summed E-state index contributed by atoms with van der Waals surface area (Å²) in [6, 6.07) is 10.8. The van der Waals surface area contributed by atoms with Crippen molar-refractivity contribution in [3.05, 3.63) is 59.5 Å². The van der Waals surface area contributed by atoms with Gasteiger partial charge in [0.25, 0.3) is 5.91 Å². The van der Waals surface area contributed by atoms with Crippen LogP contribution in [0.25, 0.3) is 6.08 Å². The minimum absolute atomic E-state index is 0.0678. The van der Waals surface area contributed by atoms with Crippen LogP contribution in [0.4, 0.5) is 10.1 Å². The largest absolute Gasteiger partial charge is 0.504 e. The SMILES string of the molecule is COc1cccc(/C=C2/NC(=S)N(c3ccccc3F)C2=O)c1O. The molecule has 0 aliphatic carbocycles. The van der Waals surface area contributed by atoms with Gasteiger partial charge in [-0.25, -0.2) is 9.29 Å². The number of ether oxygens (including phenoxy) is 1. The number of hydrogen-bond acceptors (Lipinski definition) is 4. The molecule has 1 saturated heterocycles. The predicted molar refractivity (Wildman–Crippen MR) is 92.3 cm³/mol. The van der Waals surface area contributed by atoms with Gasteiger partial charge in [-0.2, -0.15) is 0 Å². The third kappa shape index (κ3) is 2.69. The van der Waals surface area contributed by atoms with Gasteiger partial charge in [0.1, 0.15) is 11.5 Å². The van der Waals surface area contributed by atoms with E-state index in [0.717, 1.165) is 4.90 Å². The molecule has 5 nitrogen and oxygen atoms in total. The molecule has 2 N–H and O–H groups in total. The summed E-state index contributed by atoms with van der Waals surface area (Å²) in [6.07, 6.45) is 1.44. The highest BCUT2D eigenvalue weighted by molar-refractivity contribution is 7.80. The number of phenols is 1. The number of methoxy groups -OCH3 is 1. The normalized spacial score (nSPS) is 15.8. The highest BCUT2D eigenvalue weighted by Gasteiger charge is 2.33. The Bertz CT molecular complexity index is 867. The average Bonchev–Trinajstić information content (AvgIpc) is 2.84. The van der Waals surface area contributed by atoms with Crippen LogP contribution in [0.3, 0.4) is 0 Å². The number of nitrogens with one attached hydrogen (secondary N) is 1. The van der Waals surface area contributed by atoms with Crippen molar-refractivity contribution in [1.82, 2.24) is 5.32 Å². The van der Waals surface area contributed by atoms with Crippen LogP contribution in [0.1, 0.15) is 5.56 Å². The maximum absolute atomic E-state index is 13.9. The molecule has 0 spiro atoms.